The first-order chi connectivity index (χ1) is 13.8. The first-order valence-electron chi connectivity index (χ1n) is 8.18. The highest BCUT2D eigenvalue weighted by Crippen LogP contribution is 2.45. The molecule has 0 bridgehead atoms. The van der Waals surface area contributed by atoms with Crippen molar-refractivity contribution < 1.29 is 24.3 Å². The van der Waals surface area contributed by atoms with Crippen molar-refractivity contribution in [3.05, 3.63) is 63.0 Å². The van der Waals surface area contributed by atoms with Gasteiger partial charge in [0.05, 0.1) is 31.9 Å². The van der Waals surface area contributed by atoms with Gasteiger partial charge >= 0.3 is 5.97 Å². The minimum absolute atomic E-state index is 0.00719. The van der Waals surface area contributed by atoms with Crippen molar-refractivity contribution in [2.24, 2.45) is 0 Å². The number of para-hydroxylation sites is 1. The lowest BCUT2D eigenvalue weighted by molar-refractivity contribution is -0.136. The second kappa shape index (κ2) is 7.22. The Bertz CT molecular complexity index is 1150. The Hall–Kier alpha value is -2.81. The fraction of sp³-hybridized carbons (Fsp3) is 0.0526. The third-order valence-electron chi connectivity index (χ3n) is 4.37. The van der Waals surface area contributed by atoms with Crippen molar-refractivity contribution in [2.45, 2.75) is 0 Å². The van der Waals surface area contributed by atoms with Crippen LogP contribution >= 0.6 is 35.0 Å². The summed E-state index contributed by atoms with van der Waals surface area (Å²) in [5.41, 5.74) is 1.00. The molecule has 146 valence electrons. The largest absolute Gasteiger partial charge is 0.480 e. The molecule has 10 heteroatoms. The summed E-state index contributed by atoms with van der Waals surface area (Å²) in [7, 11) is 0. The van der Waals surface area contributed by atoms with Gasteiger partial charge in [-0.15, -0.1) is 0 Å². The molecule has 1 N–H and O–H groups in total. The quantitative estimate of drug-likeness (QED) is 0.711. The number of carbonyl (C=O) groups is 4. The number of nitrogens with zero attached hydrogens (tertiary/aromatic N) is 2. The molecule has 0 spiro atoms. The zero-order valence-corrected chi connectivity index (χ0v) is 16.7. The molecule has 4 rings (SSSR count). The van der Waals surface area contributed by atoms with E-state index in [9.17, 15) is 19.2 Å². The lowest BCUT2D eigenvalue weighted by atomic mass is 10.1. The molecular weight excluding hydrogens is 439 g/mol. The standard InChI is InChI=1S/C19H10Cl2N2O5S/c20-11-6-5-9(7-12(11)21)23-18(27)16(29-19(23)28)15-10-3-1-2-4-13(10)22(17(15)26)8-14(24)25/h1-7H,8H2,(H,24,25)/b16-15-. The Kier molecular flexibility index (Phi) is 4.85. The lowest BCUT2D eigenvalue weighted by Gasteiger charge is -2.14. The number of rotatable bonds is 3. The van der Waals surface area contributed by atoms with Gasteiger partial charge in [0.2, 0.25) is 0 Å². The van der Waals surface area contributed by atoms with Crippen molar-refractivity contribution in [2.75, 3.05) is 16.3 Å². The topological polar surface area (TPSA) is 95.0 Å². The van der Waals surface area contributed by atoms with Crippen molar-refractivity contribution in [1.82, 2.24) is 0 Å². The van der Waals surface area contributed by atoms with Gasteiger partial charge in [-0.05, 0) is 36.0 Å². The first kappa shape index (κ1) is 19.5. The number of thioether (sulfide) groups is 1. The van der Waals surface area contributed by atoms with E-state index in [4.69, 9.17) is 28.3 Å². The van der Waals surface area contributed by atoms with Gasteiger partial charge < -0.3 is 5.11 Å². The second-order valence-corrected chi connectivity index (χ2v) is 7.89. The maximum absolute atomic E-state index is 13.0. The van der Waals surface area contributed by atoms with Crippen molar-refractivity contribution >= 4 is 74.9 Å². The van der Waals surface area contributed by atoms with Crippen LogP contribution in [0.2, 0.25) is 10.0 Å². The smallest absolute Gasteiger partial charge is 0.323 e. The average Bonchev–Trinajstić information content (AvgIpc) is 3.11. The fourth-order valence-electron chi connectivity index (χ4n) is 3.16. The molecule has 2 heterocycles. The number of hydrogen-bond donors (Lipinski definition) is 1. The number of carboxylic acid groups (broad SMARTS) is 1. The van der Waals surface area contributed by atoms with Gasteiger partial charge in [-0.1, -0.05) is 41.4 Å². The van der Waals surface area contributed by atoms with Gasteiger partial charge in [0, 0.05) is 5.56 Å². The van der Waals surface area contributed by atoms with E-state index in [0.717, 1.165) is 9.80 Å². The van der Waals surface area contributed by atoms with E-state index in [1.165, 1.54) is 18.2 Å². The zero-order valence-electron chi connectivity index (χ0n) is 14.4. The SMILES string of the molecule is O=C(O)CN1C(=O)/C(=C2\SC(=O)N(c3ccc(Cl)c(Cl)c3)C2=O)c2ccccc21. The van der Waals surface area contributed by atoms with Crippen molar-refractivity contribution in [1.29, 1.82) is 0 Å². The third kappa shape index (κ3) is 3.19. The van der Waals surface area contributed by atoms with Crippen molar-refractivity contribution in [3.8, 4) is 0 Å². The van der Waals surface area contributed by atoms with Gasteiger partial charge in [-0.2, -0.15) is 0 Å². The predicted octanol–water partition coefficient (Wildman–Crippen LogP) is 4.04. The minimum atomic E-state index is -1.20. The molecule has 1 saturated heterocycles. The zero-order chi connectivity index (χ0) is 20.9. The van der Waals surface area contributed by atoms with Gasteiger partial charge in [0.1, 0.15) is 6.54 Å². The van der Waals surface area contributed by atoms with Crippen LogP contribution in [0.1, 0.15) is 5.56 Å². The summed E-state index contributed by atoms with van der Waals surface area (Å²) in [4.78, 5) is 51.7. The van der Waals surface area contributed by atoms with Gasteiger partial charge in [0.15, 0.2) is 0 Å². The number of hydrogen-bond acceptors (Lipinski definition) is 5. The van der Waals surface area contributed by atoms with E-state index < -0.39 is 29.6 Å². The van der Waals surface area contributed by atoms with E-state index >= 15 is 0 Å². The summed E-state index contributed by atoms with van der Waals surface area (Å²) in [6.45, 7) is -0.560. The van der Waals surface area contributed by atoms with Crippen LogP contribution in [0.3, 0.4) is 0 Å². The predicted molar refractivity (Wildman–Crippen MR) is 110 cm³/mol. The number of carbonyl (C=O) groups excluding carboxylic acids is 3. The molecule has 2 aliphatic heterocycles. The van der Waals surface area contributed by atoms with Gasteiger partial charge in [0.25, 0.3) is 17.1 Å². The Morgan fingerprint density at radius 1 is 1.00 bits per heavy atom. The Labute approximate surface area is 178 Å². The second-order valence-electron chi connectivity index (χ2n) is 6.11. The molecule has 0 atom stereocenters. The van der Waals surface area contributed by atoms with Crippen LogP contribution in [-0.2, 0) is 14.4 Å². The molecule has 2 aromatic carbocycles. The van der Waals surface area contributed by atoms with E-state index in [1.54, 1.807) is 24.3 Å². The summed E-state index contributed by atoms with van der Waals surface area (Å²) >= 11 is 12.5. The molecule has 0 unspecified atom stereocenters. The van der Waals surface area contributed by atoms with Gasteiger partial charge in [-0.3, -0.25) is 24.1 Å². The number of benzene rings is 2. The summed E-state index contributed by atoms with van der Waals surface area (Å²) in [5, 5.41) is 8.98. The number of fused-ring (bicyclic) bond motifs is 1. The lowest BCUT2D eigenvalue weighted by Crippen LogP contribution is -2.32. The first-order valence-corrected chi connectivity index (χ1v) is 9.75. The monoisotopic (exact) mass is 448 g/mol. The van der Waals surface area contributed by atoms with Crippen LogP contribution in [-0.4, -0.2) is 34.7 Å². The maximum Gasteiger partial charge on any atom is 0.323 e. The van der Waals surface area contributed by atoms with Crippen LogP contribution in [0.4, 0.5) is 16.2 Å². The van der Waals surface area contributed by atoms with Crippen LogP contribution < -0.4 is 9.80 Å². The highest BCUT2D eigenvalue weighted by atomic mass is 35.5. The van der Waals surface area contributed by atoms with Crippen molar-refractivity contribution in [3.63, 3.8) is 0 Å². The molecule has 0 aromatic heterocycles. The molecule has 0 aliphatic carbocycles. The summed E-state index contributed by atoms with van der Waals surface area (Å²) in [6, 6.07) is 10.8. The molecule has 1 fully saturated rings. The molecule has 2 aliphatic rings. The molecular formula is C19H10Cl2N2O5S. The Morgan fingerprint density at radius 3 is 2.41 bits per heavy atom. The maximum atomic E-state index is 13.0. The van der Waals surface area contributed by atoms with Crippen LogP contribution in [0.15, 0.2) is 47.4 Å². The van der Waals surface area contributed by atoms with E-state index in [2.05, 4.69) is 0 Å². The number of aliphatic carboxylic acids is 1. The molecule has 0 radical (unpaired) electrons. The van der Waals surface area contributed by atoms with Crippen LogP contribution in [0.5, 0.6) is 0 Å². The van der Waals surface area contributed by atoms with Gasteiger partial charge in [-0.25, -0.2) is 4.90 Å². The number of anilines is 2. The molecule has 7 nitrogen and oxygen atoms in total. The molecule has 3 amide bonds. The highest BCUT2D eigenvalue weighted by molar-refractivity contribution is 8.19. The summed E-state index contributed by atoms with van der Waals surface area (Å²) < 4.78 is 0. The summed E-state index contributed by atoms with van der Waals surface area (Å²) in [5.74, 6) is -2.53. The van der Waals surface area contributed by atoms with E-state index in [-0.39, 0.29) is 26.2 Å². The summed E-state index contributed by atoms with van der Waals surface area (Å²) in [6.07, 6.45) is 0. The average molecular weight is 449 g/mol. The number of carboxylic acids is 1. The van der Waals surface area contributed by atoms with E-state index in [0.29, 0.717) is 23.0 Å². The number of imide groups is 1. The van der Waals surface area contributed by atoms with E-state index in [1.807, 2.05) is 0 Å². The third-order valence-corrected chi connectivity index (χ3v) is 6.05. The number of halogens is 2. The Balaban J connectivity index is 1.82. The minimum Gasteiger partial charge on any atom is -0.480 e. The fourth-order valence-corrected chi connectivity index (χ4v) is 4.38. The highest BCUT2D eigenvalue weighted by Gasteiger charge is 2.44. The van der Waals surface area contributed by atoms with Crippen LogP contribution in [0.25, 0.3) is 5.57 Å². The normalized spacial score (nSPS) is 18.6. The molecule has 0 saturated carbocycles. The number of amides is 3. The molecule has 29 heavy (non-hydrogen) atoms. The Morgan fingerprint density at radius 2 is 1.72 bits per heavy atom. The molecule has 2 aromatic rings. The van der Waals surface area contributed by atoms with Crippen LogP contribution in [0, 0.1) is 0 Å².